The van der Waals surface area contributed by atoms with Gasteiger partial charge in [0.1, 0.15) is 11.6 Å². The van der Waals surface area contributed by atoms with Crippen molar-refractivity contribution in [2.24, 2.45) is 0 Å². The predicted molar refractivity (Wildman–Crippen MR) is 86.2 cm³/mol. The fourth-order valence-corrected chi connectivity index (χ4v) is 3.90. The van der Waals surface area contributed by atoms with Gasteiger partial charge in [-0.15, -0.1) is 0 Å². The second-order valence-electron chi connectivity index (χ2n) is 6.48. The minimum Gasteiger partial charge on any atom is -0.496 e. The number of halogens is 1. The fraction of sp³-hybridized carbons (Fsp3) is 0.667. The third-order valence-electron chi connectivity index (χ3n) is 5.25. The van der Waals surface area contributed by atoms with Crippen LogP contribution in [0.5, 0.6) is 5.75 Å². The minimum absolute atomic E-state index is 0.150. The molecule has 3 rings (SSSR count). The van der Waals surface area contributed by atoms with Gasteiger partial charge in [-0.25, -0.2) is 4.39 Å². The molecular formula is C18H26FNO3. The van der Waals surface area contributed by atoms with E-state index in [1.165, 1.54) is 6.07 Å². The van der Waals surface area contributed by atoms with Gasteiger partial charge in [0.05, 0.1) is 18.8 Å². The van der Waals surface area contributed by atoms with E-state index in [1.807, 2.05) is 6.07 Å². The molecule has 128 valence electrons. The van der Waals surface area contributed by atoms with E-state index in [0.717, 1.165) is 45.4 Å². The number of rotatable bonds is 4. The number of benzene rings is 1. The van der Waals surface area contributed by atoms with Crippen LogP contribution in [-0.4, -0.2) is 50.5 Å². The van der Waals surface area contributed by atoms with Gasteiger partial charge in [-0.2, -0.15) is 0 Å². The molecule has 2 aliphatic heterocycles. The Bertz CT molecular complexity index is 529. The summed E-state index contributed by atoms with van der Waals surface area (Å²) in [6.07, 6.45) is 4.18. The van der Waals surface area contributed by atoms with Crippen LogP contribution in [0.2, 0.25) is 0 Å². The highest BCUT2D eigenvalue weighted by atomic mass is 19.1. The van der Waals surface area contributed by atoms with E-state index in [9.17, 15) is 4.39 Å². The molecule has 1 atom stereocenters. The van der Waals surface area contributed by atoms with Crippen molar-refractivity contribution in [3.05, 3.63) is 29.6 Å². The lowest BCUT2D eigenvalue weighted by Crippen LogP contribution is -2.55. The Morgan fingerprint density at radius 2 is 2.09 bits per heavy atom. The maximum atomic E-state index is 14.1. The first-order valence-corrected chi connectivity index (χ1v) is 8.39. The molecule has 2 aliphatic rings. The van der Waals surface area contributed by atoms with Crippen LogP contribution in [0, 0.1) is 5.82 Å². The monoisotopic (exact) mass is 323 g/mol. The highest BCUT2D eigenvalue weighted by Gasteiger charge is 2.44. The summed E-state index contributed by atoms with van der Waals surface area (Å²) in [7, 11) is 3.36. The van der Waals surface area contributed by atoms with Gasteiger partial charge >= 0.3 is 0 Å². The van der Waals surface area contributed by atoms with Crippen LogP contribution in [0.4, 0.5) is 4.39 Å². The number of ether oxygens (including phenoxy) is 3. The van der Waals surface area contributed by atoms with Crippen molar-refractivity contribution in [3.8, 4) is 5.75 Å². The van der Waals surface area contributed by atoms with Gasteiger partial charge in [0.15, 0.2) is 0 Å². The molecule has 1 spiro atoms. The second kappa shape index (κ2) is 7.16. The van der Waals surface area contributed by atoms with Crippen molar-refractivity contribution in [2.45, 2.75) is 43.9 Å². The van der Waals surface area contributed by atoms with Crippen molar-refractivity contribution < 1.29 is 18.6 Å². The predicted octanol–water partition coefficient (Wildman–Crippen LogP) is 2.99. The number of methoxy groups -OCH3 is 2. The lowest BCUT2D eigenvalue weighted by Gasteiger charge is -2.48. The third kappa shape index (κ3) is 3.37. The van der Waals surface area contributed by atoms with Crippen molar-refractivity contribution >= 4 is 0 Å². The molecular weight excluding hydrogens is 297 g/mol. The normalized spacial score (nSPS) is 24.7. The number of hydrogen-bond donors (Lipinski definition) is 0. The van der Waals surface area contributed by atoms with E-state index in [2.05, 4.69) is 4.90 Å². The standard InChI is InChI=1S/C18H26FNO3/c1-21-16-6-3-5-15(19)14(16)13-20-10-8-18(9-11-20)17(22-2)7-4-12-23-18/h3,5-6,17H,4,7-13H2,1-2H3. The zero-order valence-electron chi connectivity index (χ0n) is 14.0. The summed E-state index contributed by atoms with van der Waals surface area (Å²) in [5, 5.41) is 0. The minimum atomic E-state index is -0.201. The zero-order valence-corrected chi connectivity index (χ0v) is 14.0. The van der Waals surface area contributed by atoms with Gasteiger partial charge in [0, 0.05) is 38.9 Å². The molecule has 5 heteroatoms. The Balaban J connectivity index is 1.66. The molecule has 0 aliphatic carbocycles. The van der Waals surface area contributed by atoms with Crippen LogP contribution in [0.25, 0.3) is 0 Å². The summed E-state index contributed by atoms with van der Waals surface area (Å²) >= 11 is 0. The first-order chi connectivity index (χ1) is 11.2. The molecule has 1 aromatic carbocycles. The highest BCUT2D eigenvalue weighted by molar-refractivity contribution is 5.34. The highest BCUT2D eigenvalue weighted by Crippen LogP contribution is 2.37. The summed E-state index contributed by atoms with van der Waals surface area (Å²) < 4.78 is 31.2. The van der Waals surface area contributed by atoms with Gasteiger partial charge in [-0.05, 0) is 37.8 Å². The first-order valence-electron chi connectivity index (χ1n) is 8.39. The van der Waals surface area contributed by atoms with Crippen molar-refractivity contribution in [1.29, 1.82) is 0 Å². The van der Waals surface area contributed by atoms with E-state index in [-0.39, 0.29) is 17.5 Å². The molecule has 0 N–H and O–H groups in total. The van der Waals surface area contributed by atoms with E-state index in [0.29, 0.717) is 17.9 Å². The summed E-state index contributed by atoms with van der Waals surface area (Å²) in [6.45, 7) is 3.17. The molecule has 0 amide bonds. The topological polar surface area (TPSA) is 30.9 Å². The van der Waals surface area contributed by atoms with E-state index >= 15 is 0 Å². The summed E-state index contributed by atoms with van der Waals surface area (Å²) in [6, 6.07) is 4.99. The number of nitrogens with zero attached hydrogens (tertiary/aromatic N) is 1. The van der Waals surface area contributed by atoms with Crippen LogP contribution in [0.1, 0.15) is 31.2 Å². The van der Waals surface area contributed by atoms with Gasteiger partial charge in [0.2, 0.25) is 0 Å². The molecule has 1 aromatic rings. The van der Waals surface area contributed by atoms with Crippen molar-refractivity contribution in [1.82, 2.24) is 4.90 Å². The summed E-state index contributed by atoms with van der Waals surface area (Å²) in [5.41, 5.74) is 0.488. The van der Waals surface area contributed by atoms with Gasteiger partial charge in [-0.1, -0.05) is 6.07 Å². The molecule has 2 fully saturated rings. The molecule has 23 heavy (non-hydrogen) atoms. The average molecular weight is 323 g/mol. The van der Waals surface area contributed by atoms with Crippen LogP contribution in [0.3, 0.4) is 0 Å². The zero-order chi connectivity index (χ0) is 16.3. The molecule has 0 radical (unpaired) electrons. The molecule has 2 heterocycles. The Labute approximate surface area is 137 Å². The molecule has 0 bridgehead atoms. The Morgan fingerprint density at radius 3 is 2.78 bits per heavy atom. The number of piperidine rings is 1. The maximum absolute atomic E-state index is 14.1. The summed E-state index contributed by atoms with van der Waals surface area (Å²) in [5.74, 6) is 0.419. The quantitative estimate of drug-likeness (QED) is 0.852. The van der Waals surface area contributed by atoms with Crippen molar-refractivity contribution in [3.63, 3.8) is 0 Å². The number of hydrogen-bond acceptors (Lipinski definition) is 4. The fourth-order valence-electron chi connectivity index (χ4n) is 3.90. The first kappa shape index (κ1) is 16.7. The molecule has 4 nitrogen and oxygen atoms in total. The average Bonchev–Trinajstić information content (AvgIpc) is 2.59. The van der Waals surface area contributed by atoms with Gasteiger partial charge < -0.3 is 14.2 Å². The molecule has 0 saturated carbocycles. The Hall–Kier alpha value is -1.17. The molecule has 2 saturated heterocycles. The Kier molecular flexibility index (Phi) is 5.19. The smallest absolute Gasteiger partial charge is 0.131 e. The molecule has 0 aromatic heterocycles. The largest absolute Gasteiger partial charge is 0.496 e. The third-order valence-corrected chi connectivity index (χ3v) is 5.25. The second-order valence-corrected chi connectivity index (χ2v) is 6.48. The van der Waals surface area contributed by atoms with Crippen molar-refractivity contribution in [2.75, 3.05) is 33.9 Å². The van der Waals surface area contributed by atoms with Crippen LogP contribution < -0.4 is 4.74 Å². The lowest BCUT2D eigenvalue weighted by molar-refractivity contribution is -0.186. The lowest BCUT2D eigenvalue weighted by atomic mass is 9.81. The van der Waals surface area contributed by atoms with Crippen LogP contribution >= 0.6 is 0 Å². The van der Waals surface area contributed by atoms with Gasteiger partial charge in [-0.3, -0.25) is 4.90 Å². The summed E-state index contributed by atoms with van der Waals surface area (Å²) in [4.78, 5) is 2.27. The van der Waals surface area contributed by atoms with E-state index in [4.69, 9.17) is 14.2 Å². The Morgan fingerprint density at radius 1 is 1.30 bits per heavy atom. The van der Waals surface area contributed by atoms with Crippen LogP contribution in [0.15, 0.2) is 18.2 Å². The van der Waals surface area contributed by atoms with Crippen LogP contribution in [-0.2, 0) is 16.0 Å². The molecule has 1 unspecified atom stereocenters. The van der Waals surface area contributed by atoms with E-state index in [1.54, 1.807) is 20.3 Å². The maximum Gasteiger partial charge on any atom is 0.131 e. The SMILES string of the molecule is COc1cccc(F)c1CN1CCC2(CC1)OCCCC2OC. The van der Waals surface area contributed by atoms with E-state index < -0.39 is 0 Å². The van der Waals surface area contributed by atoms with Gasteiger partial charge in [0.25, 0.3) is 0 Å². The number of likely N-dealkylation sites (tertiary alicyclic amines) is 1.